The first-order chi connectivity index (χ1) is 8.43. The molecule has 100 valence electrons. The Morgan fingerprint density at radius 2 is 2.22 bits per heavy atom. The summed E-state index contributed by atoms with van der Waals surface area (Å²) in [6, 6.07) is 6.07. The van der Waals surface area contributed by atoms with Crippen LogP contribution in [0.2, 0.25) is 5.02 Å². The van der Waals surface area contributed by atoms with Gasteiger partial charge in [-0.25, -0.2) is 0 Å². The summed E-state index contributed by atoms with van der Waals surface area (Å²) < 4.78 is 5.94. The van der Waals surface area contributed by atoms with Crippen LogP contribution in [0.25, 0.3) is 0 Å². The summed E-state index contributed by atoms with van der Waals surface area (Å²) in [6.07, 6.45) is 0.216. The van der Waals surface area contributed by atoms with Crippen molar-refractivity contribution in [3.8, 4) is 0 Å². The van der Waals surface area contributed by atoms with Crippen molar-refractivity contribution < 1.29 is 4.74 Å². The van der Waals surface area contributed by atoms with Gasteiger partial charge in [0.25, 0.3) is 0 Å². The van der Waals surface area contributed by atoms with Gasteiger partial charge < -0.3 is 9.64 Å². The van der Waals surface area contributed by atoms with Gasteiger partial charge in [0.2, 0.25) is 0 Å². The number of hydrogen-bond donors (Lipinski definition) is 0. The molecule has 0 amide bonds. The molecule has 1 unspecified atom stereocenters. The lowest BCUT2D eigenvalue weighted by Gasteiger charge is -2.43. The van der Waals surface area contributed by atoms with Crippen molar-refractivity contribution in [1.82, 2.24) is 0 Å². The third-order valence-electron chi connectivity index (χ3n) is 3.10. The highest BCUT2D eigenvalue weighted by atomic mass is 79.9. The zero-order chi connectivity index (χ0) is 13.3. The van der Waals surface area contributed by atoms with Crippen LogP contribution < -0.4 is 4.90 Å². The minimum Gasteiger partial charge on any atom is -0.369 e. The minimum atomic E-state index is -0.138. The van der Waals surface area contributed by atoms with Gasteiger partial charge in [-0.3, -0.25) is 0 Å². The van der Waals surface area contributed by atoms with Crippen LogP contribution >= 0.6 is 27.5 Å². The van der Waals surface area contributed by atoms with Crippen LogP contribution in [0.1, 0.15) is 26.3 Å². The van der Waals surface area contributed by atoms with E-state index in [1.54, 1.807) is 0 Å². The molecule has 0 radical (unpaired) electrons. The SMILES string of the molecule is CC1CN(c2c(Cl)cccc2CBr)CC(C)(C)O1. The van der Waals surface area contributed by atoms with Gasteiger partial charge >= 0.3 is 0 Å². The molecule has 18 heavy (non-hydrogen) atoms. The van der Waals surface area contributed by atoms with Crippen molar-refractivity contribution in [2.45, 2.75) is 37.8 Å². The third kappa shape index (κ3) is 3.01. The number of morpholine rings is 1. The molecule has 1 aromatic carbocycles. The van der Waals surface area contributed by atoms with Crippen LogP contribution in [0.3, 0.4) is 0 Å². The molecule has 1 fully saturated rings. The first-order valence-corrected chi connectivity index (χ1v) is 7.69. The number of rotatable bonds is 2. The molecule has 1 aliphatic rings. The van der Waals surface area contributed by atoms with E-state index in [2.05, 4.69) is 47.7 Å². The van der Waals surface area contributed by atoms with E-state index in [-0.39, 0.29) is 11.7 Å². The first-order valence-electron chi connectivity index (χ1n) is 6.19. The monoisotopic (exact) mass is 331 g/mol. The fraction of sp³-hybridized carbons (Fsp3) is 0.571. The lowest BCUT2D eigenvalue weighted by Crippen LogP contribution is -2.52. The molecule has 0 saturated carbocycles. The molecule has 0 aliphatic carbocycles. The van der Waals surface area contributed by atoms with Crippen LogP contribution in [-0.2, 0) is 10.1 Å². The average molecular weight is 333 g/mol. The van der Waals surface area contributed by atoms with E-state index in [0.29, 0.717) is 0 Å². The van der Waals surface area contributed by atoms with Gasteiger partial charge in [0.1, 0.15) is 0 Å². The molecule has 0 aromatic heterocycles. The Bertz CT molecular complexity index is 436. The zero-order valence-electron chi connectivity index (χ0n) is 11.0. The average Bonchev–Trinajstić information content (AvgIpc) is 2.25. The van der Waals surface area contributed by atoms with E-state index in [1.807, 2.05) is 12.1 Å². The van der Waals surface area contributed by atoms with Crippen molar-refractivity contribution in [2.75, 3.05) is 18.0 Å². The fourth-order valence-electron chi connectivity index (χ4n) is 2.65. The molecule has 4 heteroatoms. The number of anilines is 1. The number of nitrogens with zero attached hydrogens (tertiary/aromatic N) is 1. The molecule has 1 aliphatic heterocycles. The Morgan fingerprint density at radius 3 is 2.83 bits per heavy atom. The Morgan fingerprint density at radius 1 is 1.50 bits per heavy atom. The predicted molar refractivity (Wildman–Crippen MR) is 80.9 cm³/mol. The van der Waals surface area contributed by atoms with Gasteiger partial charge in [-0.2, -0.15) is 0 Å². The molecule has 0 bridgehead atoms. The van der Waals surface area contributed by atoms with Gasteiger partial charge in [0, 0.05) is 18.4 Å². The molecular formula is C14H19BrClNO. The summed E-state index contributed by atoms with van der Waals surface area (Å²) in [7, 11) is 0. The minimum absolute atomic E-state index is 0.138. The Kier molecular flexibility index (Phi) is 4.25. The second-order valence-electron chi connectivity index (χ2n) is 5.45. The van der Waals surface area contributed by atoms with Gasteiger partial charge in [-0.15, -0.1) is 0 Å². The van der Waals surface area contributed by atoms with E-state index in [4.69, 9.17) is 16.3 Å². The van der Waals surface area contributed by atoms with Gasteiger partial charge in [0.15, 0.2) is 0 Å². The van der Waals surface area contributed by atoms with E-state index < -0.39 is 0 Å². The number of benzene rings is 1. The standard InChI is InChI=1S/C14H19BrClNO/c1-10-8-17(9-14(2,3)18-10)13-11(7-15)5-4-6-12(13)16/h4-6,10H,7-9H2,1-3H3. The molecule has 0 spiro atoms. The summed E-state index contributed by atoms with van der Waals surface area (Å²) >= 11 is 9.92. The van der Waals surface area contributed by atoms with E-state index in [9.17, 15) is 0 Å². The van der Waals surface area contributed by atoms with Gasteiger partial charge in [0.05, 0.1) is 22.4 Å². The fourth-order valence-corrected chi connectivity index (χ4v) is 3.41. The second-order valence-corrected chi connectivity index (χ2v) is 6.42. The van der Waals surface area contributed by atoms with E-state index >= 15 is 0 Å². The highest BCUT2D eigenvalue weighted by Crippen LogP contribution is 2.35. The Hall–Kier alpha value is -0.250. The summed E-state index contributed by atoms with van der Waals surface area (Å²) in [5.41, 5.74) is 2.23. The molecule has 2 rings (SSSR count). The highest BCUT2D eigenvalue weighted by Gasteiger charge is 2.32. The predicted octanol–water partition coefficient (Wildman–Crippen LogP) is 4.24. The molecule has 1 saturated heterocycles. The molecule has 2 nitrogen and oxygen atoms in total. The molecule has 1 atom stereocenters. The quantitative estimate of drug-likeness (QED) is 0.751. The van der Waals surface area contributed by atoms with Crippen LogP contribution in [0.15, 0.2) is 18.2 Å². The van der Waals surface area contributed by atoms with Crippen molar-refractivity contribution in [2.24, 2.45) is 0 Å². The van der Waals surface area contributed by atoms with E-state index in [1.165, 1.54) is 5.56 Å². The highest BCUT2D eigenvalue weighted by molar-refractivity contribution is 9.08. The molecule has 1 aromatic rings. The number of alkyl halides is 1. The van der Waals surface area contributed by atoms with E-state index in [0.717, 1.165) is 29.1 Å². The number of ether oxygens (including phenoxy) is 1. The Balaban J connectivity index is 2.36. The summed E-state index contributed by atoms with van der Waals surface area (Å²) in [5.74, 6) is 0. The van der Waals surface area contributed by atoms with Crippen LogP contribution in [0, 0.1) is 0 Å². The largest absolute Gasteiger partial charge is 0.369 e. The smallest absolute Gasteiger partial charge is 0.0805 e. The normalized spacial score (nSPS) is 23.2. The lowest BCUT2D eigenvalue weighted by atomic mass is 10.0. The van der Waals surface area contributed by atoms with Gasteiger partial charge in [-0.05, 0) is 32.4 Å². The molecule has 1 heterocycles. The first kappa shape index (κ1) is 14.2. The lowest BCUT2D eigenvalue weighted by molar-refractivity contribution is -0.0749. The van der Waals surface area contributed by atoms with Crippen molar-refractivity contribution in [3.63, 3.8) is 0 Å². The van der Waals surface area contributed by atoms with Crippen molar-refractivity contribution in [3.05, 3.63) is 28.8 Å². The van der Waals surface area contributed by atoms with Crippen LogP contribution in [0.5, 0.6) is 0 Å². The Labute approximate surface area is 122 Å². The van der Waals surface area contributed by atoms with Gasteiger partial charge in [-0.1, -0.05) is 39.7 Å². The van der Waals surface area contributed by atoms with Crippen molar-refractivity contribution >= 4 is 33.2 Å². The molecular weight excluding hydrogens is 314 g/mol. The topological polar surface area (TPSA) is 12.5 Å². The molecule has 0 N–H and O–H groups in total. The third-order valence-corrected chi connectivity index (χ3v) is 4.01. The van der Waals surface area contributed by atoms with Crippen LogP contribution in [0.4, 0.5) is 5.69 Å². The maximum Gasteiger partial charge on any atom is 0.0805 e. The number of hydrogen-bond acceptors (Lipinski definition) is 2. The van der Waals surface area contributed by atoms with Crippen molar-refractivity contribution in [1.29, 1.82) is 0 Å². The van der Waals surface area contributed by atoms with Crippen LogP contribution in [-0.4, -0.2) is 24.8 Å². The maximum absolute atomic E-state index is 6.38. The summed E-state index contributed by atoms with van der Waals surface area (Å²) in [6.45, 7) is 8.10. The summed E-state index contributed by atoms with van der Waals surface area (Å²) in [4.78, 5) is 2.34. The maximum atomic E-state index is 6.38. The zero-order valence-corrected chi connectivity index (χ0v) is 13.4. The number of halogens is 2. The second kappa shape index (κ2) is 5.40. The number of para-hydroxylation sites is 1. The summed E-state index contributed by atoms with van der Waals surface area (Å²) in [5, 5.41) is 1.63.